The molecule has 5 heteroatoms. The second kappa shape index (κ2) is 5.84. The molecule has 0 spiro atoms. The van der Waals surface area contributed by atoms with Gasteiger partial charge in [0.05, 0.1) is 4.90 Å². The van der Waals surface area contributed by atoms with Crippen molar-refractivity contribution >= 4 is 10.0 Å². The first-order valence-corrected chi connectivity index (χ1v) is 8.98. The summed E-state index contributed by atoms with van der Waals surface area (Å²) in [7, 11) is -3.35. The van der Waals surface area contributed by atoms with E-state index in [-0.39, 0.29) is 0 Å². The van der Waals surface area contributed by atoms with Gasteiger partial charge in [-0.3, -0.25) is 0 Å². The van der Waals surface area contributed by atoms with Crippen molar-refractivity contribution in [1.82, 2.24) is 10.0 Å². The summed E-state index contributed by atoms with van der Waals surface area (Å²) in [6, 6.07) is 6.02. The molecule has 1 saturated heterocycles. The van der Waals surface area contributed by atoms with Gasteiger partial charge in [-0.2, -0.15) is 0 Å². The van der Waals surface area contributed by atoms with Crippen molar-refractivity contribution in [1.29, 1.82) is 0 Å². The van der Waals surface area contributed by atoms with Crippen LogP contribution in [0, 0.1) is 0 Å². The Kier molecular flexibility index (Phi) is 4.10. The van der Waals surface area contributed by atoms with E-state index < -0.39 is 10.0 Å². The molecule has 0 aromatic heterocycles. The van der Waals surface area contributed by atoms with Crippen molar-refractivity contribution < 1.29 is 8.42 Å². The van der Waals surface area contributed by atoms with Gasteiger partial charge in [0.2, 0.25) is 10.0 Å². The Hall–Kier alpha value is -0.910. The quantitative estimate of drug-likeness (QED) is 0.867. The number of rotatable bonds is 5. The van der Waals surface area contributed by atoms with E-state index in [1.165, 1.54) is 17.5 Å². The van der Waals surface area contributed by atoms with Crippen LogP contribution in [-0.4, -0.2) is 27.5 Å². The van der Waals surface area contributed by atoms with E-state index in [0.29, 0.717) is 17.5 Å². The van der Waals surface area contributed by atoms with Gasteiger partial charge in [-0.15, -0.1) is 0 Å². The molecule has 20 heavy (non-hydrogen) atoms. The van der Waals surface area contributed by atoms with Crippen molar-refractivity contribution in [3.8, 4) is 0 Å². The normalized spacial score (nSPS) is 22.1. The summed E-state index contributed by atoms with van der Waals surface area (Å²) in [5.41, 5.74) is 2.50. The Morgan fingerprint density at radius 1 is 1.20 bits per heavy atom. The largest absolute Gasteiger partial charge is 0.314 e. The fourth-order valence-electron chi connectivity index (χ4n) is 3.17. The molecule has 3 rings (SSSR count). The average Bonchev–Trinajstić information content (AvgIpc) is 3.08. The highest BCUT2D eigenvalue weighted by atomic mass is 32.2. The zero-order chi connectivity index (χ0) is 14.0. The number of fused-ring (bicyclic) bond motifs is 1. The SMILES string of the molecule is O=S(=O)(NCC[C@@H]1CCCN1)c1ccc2c(c1)CCC2. The van der Waals surface area contributed by atoms with Gasteiger partial charge in [0.1, 0.15) is 0 Å². The molecule has 1 aromatic carbocycles. The second-order valence-electron chi connectivity index (χ2n) is 5.76. The van der Waals surface area contributed by atoms with Crippen molar-refractivity contribution in [2.24, 2.45) is 0 Å². The highest BCUT2D eigenvalue weighted by Gasteiger charge is 2.19. The van der Waals surface area contributed by atoms with Crippen LogP contribution in [0.1, 0.15) is 36.8 Å². The molecular formula is C15H22N2O2S. The summed E-state index contributed by atoms with van der Waals surface area (Å²) in [4.78, 5) is 0.414. The van der Waals surface area contributed by atoms with E-state index in [2.05, 4.69) is 10.0 Å². The summed E-state index contributed by atoms with van der Waals surface area (Å²) in [5.74, 6) is 0. The molecule has 0 unspecified atom stereocenters. The first-order valence-electron chi connectivity index (χ1n) is 7.50. The van der Waals surface area contributed by atoms with Crippen LogP contribution in [0.4, 0.5) is 0 Å². The summed E-state index contributed by atoms with van der Waals surface area (Å²) < 4.78 is 27.3. The number of sulfonamides is 1. The minimum Gasteiger partial charge on any atom is -0.314 e. The lowest BCUT2D eigenvalue weighted by Gasteiger charge is -2.12. The third-order valence-electron chi connectivity index (χ3n) is 4.33. The highest BCUT2D eigenvalue weighted by molar-refractivity contribution is 7.89. The average molecular weight is 294 g/mol. The van der Waals surface area contributed by atoms with Gasteiger partial charge in [0.25, 0.3) is 0 Å². The molecule has 4 nitrogen and oxygen atoms in total. The molecule has 1 aliphatic carbocycles. The van der Waals surface area contributed by atoms with Gasteiger partial charge in [0.15, 0.2) is 0 Å². The van der Waals surface area contributed by atoms with Crippen LogP contribution in [0.5, 0.6) is 0 Å². The Morgan fingerprint density at radius 3 is 2.85 bits per heavy atom. The van der Waals surface area contributed by atoms with Crippen molar-refractivity contribution in [2.75, 3.05) is 13.1 Å². The van der Waals surface area contributed by atoms with E-state index >= 15 is 0 Å². The zero-order valence-electron chi connectivity index (χ0n) is 11.7. The maximum Gasteiger partial charge on any atom is 0.240 e. The topological polar surface area (TPSA) is 58.2 Å². The third-order valence-corrected chi connectivity index (χ3v) is 5.79. The lowest BCUT2D eigenvalue weighted by Crippen LogP contribution is -2.30. The van der Waals surface area contributed by atoms with Crippen LogP contribution in [0.3, 0.4) is 0 Å². The maximum absolute atomic E-state index is 12.3. The second-order valence-corrected chi connectivity index (χ2v) is 7.53. The fraction of sp³-hybridized carbons (Fsp3) is 0.600. The van der Waals surface area contributed by atoms with Crippen molar-refractivity contribution in [3.63, 3.8) is 0 Å². The van der Waals surface area contributed by atoms with Gasteiger partial charge in [0, 0.05) is 12.6 Å². The van der Waals surface area contributed by atoms with E-state index in [0.717, 1.165) is 38.6 Å². The minimum absolute atomic E-state index is 0.414. The zero-order valence-corrected chi connectivity index (χ0v) is 12.5. The highest BCUT2D eigenvalue weighted by Crippen LogP contribution is 2.24. The molecule has 1 atom stereocenters. The fourth-order valence-corrected chi connectivity index (χ4v) is 4.27. The standard InChI is InChI=1S/C15H22N2O2S/c18-20(19,17-10-8-14-5-2-9-16-14)15-7-6-12-3-1-4-13(12)11-15/h6-7,11,14,16-17H,1-5,8-10H2/t14-/m0/s1. The van der Waals surface area contributed by atoms with Crippen molar-refractivity contribution in [3.05, 3.63) is 29.3 Å². The van der Waals surface area contributed by atoms with Crippen LogP contribution in [0.25, 0.3) is 0 Å². The Morgan fingerprint density at radius 2 is 2.05 bits per heavy atom. The number of aryl methyl sites for hydroxylation is 2. The van der Waals surface area contributed by atoms with Crippen LogP contribution in [-0.2, 0) is 22.9 Å². The van der Waals surface area contributed by atoms with Gasteiger partial charge < -0.3 is 5.32 Å². The molecule has 0 saturated carbocycles. The number of nitrogens with one attached hydrogen (secondary N) is 2. The van der Waals surface area contributed by atoms with Crippen molar-refractivity contribution in [2.45, 2.75) is 49.5 Å². The molecule has 1 fully saturated rings. The van der Waals surface area contributed by atoms with E-state index in [9.17, 15) is 8.42 Å². The summed E-state index contributed by atoms with van der Waals surface area (Å²) in [6.07, 6.45) is 6.44. The molecular weight excluding hydrogens is 272 g/mol. The molecule has 0 bridgehead atoms. The summed E-state index contributed by atoms with van der Waals surface area (Å²) in [5, 5.41) is 3.38. The Balaban J connectivity index is 1.62. The Bertz CT molecular complexity index is 578. The summed E-state index contributed by atoms with van der Waals surface area (Å²) in [6.45, 7) is 1.57. The van der Waals surface area contributed by atoms with Crippen LogP contribution in [0.15, 0.2) is 23.1 Å². The third kappa shape index (κ3) is 3.05. The van der Waals surface area contributed by atoms with E-state index in [1.807, 2.05) is 12.1 Å². The van der Waals surface area contributed by atoms with E-state index in [4.69, 9.17) is 0 Å². The molecule has 2 aliphatic rings. The van der Waals surface area contributed by atoms with E-state index in [1.54, 1.807) is 6.07 Å². The molecule has 1 aliphatic heterocycles. The monoisotopic (exact) mass is 294 g/mol. The van der Waals surface area contributed by atoms with Gasteiger partial charge >= 0.3 is 0 Å². The number of hydrogen-bond donors (Lipinski definition) is 2. The predicted octanol–water partition coefficient (Wildman–Crippen LogP) is 1.60. The Labute approximate surface area is 121 Å². The van der Waals surface area contributed by atoms with Gasteiger partial charge in [-0.25, -0.2) is 13.1 Å². The lowest BCUT2D eigenvalue weighted by atomic mass is 10.1. The number of hydrogen-bond acceptors (Lipinski definition) is 3. The maximum atomic E-state index is 12.3. The van der Waals surface area contributed by atoms with Crippen LogP contribution >= 0.6 is 0 Å². The molecule has 2 N–H and O–H groups in total. The van der Waals surface area contributed by atoms with Crippen LogP contribution < -0.4 is 10.0 Å². The first kappa shape index (κ1) is 14.0. The minimum atomic E-state index is -3.35. The molecule has 110 valence electrons. The number of benzene rings is 1. The first-order chi connectivity index (χ1) is 9.65. The van der Waals surface area contributed by atoms with Gasteiger partial charge in [-0.1, -0.05) is 6.07 Å². The molecule has 1 heterocycles. The predicted molar refractivity (Wildman–Crippen MR) is 79.3 cm³/mol. The lowest BCUT2D eigenvalue weighted by molar-refractivity contribution is 0.539. The molecule has 0 amide bonds. The summed E-state index contributed by atoms with van der Waals surface area (Å²) >= 11 is 0. The molecule has 1 aromatic rings. The molecule has 0 radical (unpaired) electrons. The van der Waals surface area contributed by atoms with Crippen LogP contribution in [0.2, 0.25) is 0 Å². The van der Waals surface area contributed by atoms with Gasteiger partial charge in [-0.05, 0) is 68.3 Å². The smallest absolute Gasteiger partial charge is 0.240 e.